The largest absolute Gasteiger partial charge is 0.493 e. The minimum Gasteiger partial charge on any atom is -0.493 e. The van der Waals surface area contributed by atoms with Gasteiger partial charge in [-0.3, -0.25) is 4.79 Å². The molecule has 1 aliphatic rings. The number of aromatic nitrogens is 1. The van der Waals surface area contributed by atoms with E-state index in [1.54, 1.807) is 38.3 Å². The summed E-state index contributed by atoms with van der Waals surface area (Å²) in [5.74, 6) is -0.372. The van der Waals surface area contributed by atoms with E-state index in [0.717, 1.165) is 22.6 Å². The zero-order valence-electron chi connectivity index (χ0n) is 25.5. The van der Waals surface area contributed by atoms with Gasteiger partial charge in [0, 0.05) is 28.3 Å². The van der Waals surface area contributed by atoms with Gasteiger partial charge in [-0.1, -0.05) is 23.8 Å². The molecule has 0 aliphatic carbocycles. The van der Waals surface area contributed by atoms with Gasteiger partial charge in [0.05, 0.1) is 31.5 Å². The molecule has 0 spiro atoms. The number of urea groups is 1. The molecule has 2 aromatic carbocycles. The lowest BCUT2D eigenvalue weighted by molar-refractivity contribution is -0.139. The fraction of sp³-hybridized carbons (Fsp3) is 0.312. The molecule has 1 aliphatic heterocycles. The molecule has 1 atom stereocenters. The zero-order valence-corrected chi connectivity index (χ0v) is 25.5. The van der Waals surface area contributed by atoms with Gasteiger partial charge in [-0.15, -0.1) is 0 Å². The number of nitrogens with zero attached hydrogens (tertiary/aromatic N) is 2. The van der Waals surface area contributed by atoms with Gasteiger partial charge in [0.2, 0.25) is 0 Å². The van der Waals surface area contributed by atoms with Crippen LogP contribution < -0.4 is 25.5 Å². The monoisotopic (exact) mass is 587 g/mol. The molecule has 0 unspecified atom stereocenters. The summed E-state index contributed by atoms with van der Waals surface area (Å²) in [6, 6.07) is 12.1. The Morgan fingerprint density at radius 1 is 1.05 bits per heavy atom. The third kappa shape index (κ3) is 6.88. The van der Waals surface area contributed by atoms with Crippen LogP contribution in [0, 0.1) is 27.7 Å². The van der Waals surface area contributed by atoms with Crippen LogP contribution in [-0.2, 0) is 14.3 Å². The van der Waals surface area contributed by atoms with Gasteiger partial charge in [-0.25, -0.2) is 15.0 Å². The van der Waals surface area contributed by atoms with E-state index in [2.05, 4.69) is 57.8 Å². The van der Waals surface area contributed by atoms with E-state index in [1.807, 2.05) is 19.9 Å². The average molecular weight is 588 g/mol. The lowest BCUT2D eigenvalue weighted by Gasteiger charge is -2.28. The fourth-order valence-corrected chi connectivity index (χ4v) is 5.10. The number of methoxy groups -OCH3 is 1. The Hall–Kier alpha value is -5.06. The Kier molecular flexibility index (Phi) is 9.54. The van der Waals surface area contributed by atoms with Crippen LogP contribution in [0.1, 0.15) is 53.5 Å². The molecule has 11 nitrogen and oxygen atoms in total. The highest BCUT2D eigenvalue weighted by Gasteiger charge is 2.32. The maximum atomic E-state index is 12.6. The molecule has 2 heterocycles. The van der Waals surface area contributed by atoms with Crippen molar-refractivity contribution < 1.29 is 28.6 Å². The first-order valence-corrected chi connectivity index (χ1v) is 13.9. The maximum absolute atomic E-state index is 12.6. The Morgan fingerprint density at radius 2 is 1.81 bits per heavy atom. The number of nitrogens with one attached hydrogen (secondary N) is 3. The van der Waals surface area contributed by atoms with Crippen molar-refractivity contribution in [3.8, 4) is 17.2 Å². The minimum atomic E-state index is -0.759. The number of ether oxygens (including phenoxy) is 3. The van der Waals surface area contributed by atoms with Crippen molar-refractivity contribution in [3.05, 3.63) is 87.4 Å². The van der Waals surface area contributed by atoms with Crippen molar-refractivity contribution in [2.24, 2.45) is 5.10 Å². The summed E-state index contributed by atoms with van der Waals surface area (Å²) in [4.78, 5) is 37.3. The number of hydrazone groups is 1. The molecule has 0 fully saturated rings. The molecule has 0 saturated heterocycles. The van der Waals surface area contributed by atoms with Crippen molar-refractivity contribution in [1.29, 1.82) is 0 Å². The van der Waals surface area contributed by atoms with E-state index in [4.69, 9.17) is 14.2 Å². The van der Waals surface area contributed by atoms with Crippen LogP contribution in [-0.4, -0.2) is 49.0 Å². The normalized spacial score (nSPS) is 14.8. The predicted molar refractivity (Wildman–Crippen MR) is 163 cm³/mol. The summed E-state index contributed by atoms with van der Waals surface area (Å²) in [5, 5.41) is 9.48. The number of allylic oxidation sites excluding steroid dienone is 1. The first-order chi connectivity index (χ1) is 20.5. The predicted octanol–water partition coefficient (Wildman–Crippen LogP) is 4.44. The van der Waals surface area contributed by atoms with Crippen molar-refractivity contribution in [1.82, 2.24) is 20.6 Å². The lowest BCUT2D eigenvalue weighted by atomic mass is 9.95. The van der Waals surface area contributed by atoms with Gasteiger partial charge in [-0.05, 0) is 76.9 Å². The van der Waals surface area contributed by atoms with E-state index in [0.29, 0.717) is 22.8 Å². The summed E-state index contributed by atoms with van der Waals surface area (Å²) in [6.45, 7) is 11.4. The van der Waals surface area contributed by atoms with E-state index in [-0.39, 0.29) is 18.8 Å². The van der Waals surface area contributed by atoms with Crippen LogP contribution in [0.4, 0.5) is 4.79 Å². The standard InChI is InChI=1S/C32H37N5O6/c1-8-42-31(39)29-21(5)34-32(40)35-30(29)23-10-12-26(27(15-23)41-7)43-17-28(38)36-33-16-24-14-20(4)37(22(24)6)25-11-9-18(2)13-19(25)3/h9-16,30H,8,17H2,1-7H3,(H,36,38)(H2,34,35,40)/b33-16-/t30-/m1/s1. The Bertz CT molecular complexity index is 1620. The minimum absolute atomic E-state index is 0.192. The zero-order chi connectivity index (χ0) is 31.3. The Labute approximate surface area is 250 Å². The number of carbonyl (C=O) groups is 3. The number of esters is 1. The second kappa shape index (κ2) is 13.3. The molecule has 4 rings (SSSR count). The summed E-state index contributed by atoms with van der Waals surface area (Å²) in [5.41, 5.74) is 10.2. The van der Waals surface area contributed by atoms with Crippen molar-refractivity contribution in [2.75, 3.05) is 20.3 Å². The molecule has 3 amide bonds. The fourth-order valence-electron chi connectivity index (χ4n) is 5.10. The highest BCUT2D eigenvalue weighted by molar-refractivity contribution is 5.95. The molecule has 3 aromatic rings. The molecule has 1 aromatic heterocycles. The Balaban J connectivity index is 1.42. The van der Waals surface area contributed by atoms with Crippen LogP contribution in [0.3, 0.4) is 0 Å². The van der Waals surface area contributed by atoms with Crippen LogP contribution in [0.5, 0.6) is 11.5 Å². The summed E-state index contributed by atoms with van der Waals surface area (Å²) in [7, 11) is 1.46. The van der Waals surface area contributed by atoms with Crippen molar-refractivity contribution >= 4 is 24.1 Å². The quantitative estimate of drug-likeness (QED) is 0.183. The number of hydrogen-bond donors (Lipinski definition) is 3. The molecule has 43 heavy (non-hydrogen) atoms. The SMILES string of the molecule is CCOC(=O)C1=C(C)NC(=O)N[C@@H]1c1ccc(OCC(=O)N/N=C\c2cc(C)n(-c3ccc(C)cc3C)c2C)c(OC)c1. The topological polar surface area (TPSA) is 132 Å². The van der Waals surface area contributed by atoms with Gasteiger partial charge >= 0.3 is 12.0 Å². The van der Waals surface area contributed by atoms with Gasteiger partial charge < -0.3 is 29.4 Å². The number of carbonyl (C=O) groups excluding carboxylic acids is 3. The second-order valence-electron chi connectivity index (χ2n) is 10.2. The Morgan fingerprint density at radius 3 is 2.51 bits per heavy atom. The van der Waals surface area contributed by atoms with E-state index >= 15 is 0 Å². The van der Waals surface area contributed by atoms with Crippen LogP contribution in [0.2, 0.25) is 0 Å². The number of benzene rings is 2. The maximum Gasteiger partial charge on any atom is 0.338 e. The van der Waals surface area contributed by atoms with Crippen molar-refractivity contribution in [2.45, 2.75) is 47.6 Å². The second-order valence-corrected chi connectivity index (χ2v) is 10.2. The highest BCUT2D eigenvalue weighted by atomic mass is 16.5. The number of aryl methyl sites for hydroxylation is 3. The first kappa shape index (κ1) is 30.9. The number of amides is 3. The molecule has 3 N–H and O–H groups in total. The summed E-state index contributed by atoms with van der Waals surface area (Å²) >= 11 is 0. The molecular weight excluding hydrogens is 550 g/mol. The number of rotatable bonds is 10. The third-order valence-corrected chi connectivity index (χ3v) is 7.10. The molecule has 0 radical (unpaired) electrons. The average Bonchev–Trinajstić information content (AvgIpc) is 3.23. The summed E-state index contributed by atoms with van der Waals surface area (Å²) < 4.78 is 18.5. The number of hydrogen-bond acceptors (Lipinski definition) is 7. The van der Waals surface area contributed by atoms with E-state index < -0.39 is 23.9 Å². The smallest absolute Gasteiger partial charge is 0.338 e. The van der Waals surface area contributed by atoms with Gasteiger partial charge in [0.25, 0.3) is 5.91 Å². The van der Waals surface area contributed by atoms with Gasteiger partial charge in [-0.2, -0.15) is 5.10 Å². The lowest BCUT2D eigenvalue weighted by Crippen LogP contribution is -2.45. The van der Waals surface area contributed by atoms with Crippen molar-refractivity contribution in [3.63, 3.8) is 0 Å². The first-order valence-electron chi connectivity index (χ1n) is 13.9. The van der Waals surface area contributed by atoms with E-state index in [9.17, 15) is 14.4 Å². The van der Waals surface area contributed by atoms with Crippen LogP contribution in [0.15, 0.2) is 58.8 Å². The third-order valence-electron chi connectivity index (χ3n) is 7.10. The molecule has 11 heteroatoms. The van der Waals surface area contributed by atoms with Crippen LogP contribution >= 0.6 is 0 Å². The van der Waals surface area contributed by atoms with Crippen LogP contribution in [0.25, 0.3) is 5.69 Å². The highest BCUT2D eigenvalue weighted by Crippen LogP contribution is 2.34. The summed E-state index contributed by atoms with van der Waals surface area (Å²) in [6.07, 6.45) is 1.61. The van der Waals surface area contributed by atoms with Gasteiger partial charge in [0.15, 0.2) is 18.1 Å². The van der Waals surface area contributed by atoms with E-state index in [1.165, 1.54) is 18.2 Å². The van der Waals surface area contributed by atoms with Gasteiger partial charge in [0.1, 0.15) is 0 Å². The molecule has 0 saturated carbocycles. The molecular formula is C32H37N5O6. The molecule has 0 bridgehead atoms. The molecule has 226 valence electrons.